The first kappa shape index (κ1) is 18.1. The normalized spacial score (nSPS) is 12.4. The van der Waals surface area contributed by atoms with Crippen LogP contribution >= 0.6 is 35.0 Å². The number of H-pyrrole nitrogens is 1. The molecule has 0 aliphatic rings. The van der Waals surface area contributed by atoms with Crippen LogP contribution < -0.4 is 5.32 Å². The number of nitrogens with one attached hydrogen (secondary N) is 2. The van der Waals surface area contributed by atoms with Crippen molar-refractivity contribution in [3.63, 3.8) is 0 Å². The number of rotatable bonds is 6. The summed E-state index contributed by atoms with van der Waals surface area (Å²) in [7, 11) is 0. The third kappa shape index (κ3) is 5.12. The summed E-state index contributed by atoms with van der Waals surface area (Å²) in [5, 5.41) is 11.4. The molecular weight excluding hydrogens is 355 g/mol. The van der Waals surface area contributed by atoms with Crippen molar-refractivity contribution in [2.75, 3.05) is 5.75 Å². The van der Waals surface area contributed by atoms with Gasteiger partial charge in [0.25, 0.3) is 0 Å². The fourth-order valence-electron chi connectivity index (χ4n) is 1.86. The number of hydrogen-bond acceptors (Lipinski definition) is 4. The van der Waals surface area contributed by atoms with Gasteiger partial charge >= 0.3 is 0 Å². The van der Waals surface area contributed by atoms with Gasteiger partial charge in [-0.15, -0.1) is 5.10 Å². The van der Waals surface area contributed by atoms with Crippen molar-refractivity contribution in [3.05, 3.63) is 39.6 Å². The molecule has 1 atom stereocenters. The van der Waals surface area contributed by atoms with Gasteiger partial charge in [0.05, 0.1) is 21.8 Å². The van der Waals surface area contributed by atoms with Gasteiger partial charge in [-0.1, -0.05) is 54.9 Å². The molecule has 124 valence electrons. The van der Waals surface area contributed by atoms with E-state index in [4.69, 9.17) is 23.2 Å². The Hall–Kier alpha value is -1.24. The third-order valence-electron chi connectivity index (χ3n) is 3.18. The van der Waals surface area contributed by atoms with Crippen LogP contribution in [-0.4, -0.2) is 26.8 Å². The second kappa shape index (κ2) is 8.04. The van der Waals surface area contributed by atoms with E-state index in [0.717, 1.165) is 11.4 Å². The van der Waals surface area contributed by atoms with Crippen molar-refractivity contribution in [1.82, 2.24) is 20.5 Å². The van der Waals surface area contributed by atoms with Crippen LogP contribution in [-0.2, 0) is 4.79 Å². The highest BCUT2D eigenvalue weighted by Crippen LogP contribution is 2.25. The number of hydrogen-bond donors (Lipinski definition) is 2. The number of benzene rings is 1. The fraction of sp³-hybridized carbons (Fsp3) is 0.400. The SMILES string of the molecule is CC(C)c1nc(SCC(=O)NC(C)c2ccc(Cl)c(Cl)c2)n[nH]1. The lowest BCUT2D eigenvalue weighted by Crippen LogP contribution is -2.28. The zero-order valence-electron chi connectivity index (χ0n) is 13.1. The number of carbonyl (C=O) groups excluding carboxylic acids is 1. The Labute approximate surface area is 149 Å². The molecule has 0 fully saturated rings. The molecule has 0 radical (unpaired) electrons. The lowest BCUT2D eigenvalue weighted by molar-refractivity contribution is -0.119. The maximum absolute atomic E-state index is 12.0. The predicted octanol–water partition coefficient (Wildman–Crippen LogP) is 4.20. The van der Waals surface area contributed by atoms with E-state index in [2.05, 4.69) is 20.5 Å². The van der Waals surface area contributed by atoms with Crippen LogP contribution in [0.3, 0.4) is 0 Å². The second-order valence-corrected chi connectivity index (χ2v) is 7.17. The first-order valence-corrected chi connectivity index (χ1v) is 8.90. The summed E-state index contributed by atoms with van der Waals surface area (Å²) in [6.07, 6.45) is 0. The van der Waals surface area contributed by atoms with Gasteiger partial charge in [0.1, 0.15) is 5.82 Å². The van der Waals surface area contributed by atoms with E-state index in [1.165, 1.54) is 11.8 Å². The van der Waals surface area contributed by atoms with Crippen LogP contribution in [0.25, 0.3) is 0 Å². The average molecular weight is 373 g/mol. The van der Waals surface area contributed by atoms with E-state index in [1.54, 1.807) is 12.1 Å². The summed E-state index contributed by atoms with van der Waals surface area (Å²) < 4.78 is 0. The summed E-state index contributed by atoms with van der Waals surface area (Å²) in [5.74, 6) is 1.25. The zero-order valence-corrected chi connectivity index (χ0v) is 15.4. The summed E-state index contributed by atoms with van der Waals surface area (Å²) in [4.78, 5) is 16.4. The molecule has 5 nitrogen and oxygen atoms in total. The number of aromatic amines is 1. The molecule has 0 aliphatic carbocycles. The van der Waals surface area contributed by atoms with Crippen LogP contribution in [0.15, 0.2) is 23.4 Å². The standard InChI is InChI=1S/C15H18Cl2N4OS/c1-8(2)14-19-15(21-20-14)23-7-13(22)18-9(3)10-4-5-11(16)12(17)6-10/h4-6,8-9H,7H2,1-3H3,(H,18,22)(H,19,20,21). The Morgan fingerprint density at radius 1 is 1.30 bits per heavy atom. The quantitative estimate of drug-likeness (QED) is 0.745. The summed E-state index contributed by atoms with van der Waals surface area (Å²) in [6.45, 7) is 5.95. The van der Waals surface area contributed by atoms with Gasteiger partial charge in [-0.3, -0.25) is 9.89 Å². The molecule has 2 N–H and O–H groups in total. The minimum atomic E-state index is -0.156. The van der Waals surface area contributed by atoms with E-state index >= 15 is 0 Å². The van der Waals surface area contributed by atoms with Crippen LogP contribution in [0.2, 0.25) is 10.0 Å². The Morgan fingerprint density at radius 2 is 2.04 bits per heavy atom. The lowest BCUT2D eigenvalue weighted by atomic mass is 10.1. The summed E-state index contributed by atoms with van der Waals surface area (Å²) in [6, 6.07) is 5.16. The second-order valence-electron chi connectivity index (χ2n) is 5.41. The largest absolute Gasteiger partial charge is 0.349 e. The molecular formula is C15H18Cl2N4OS. The molecule has 0 bridgehead atoms. The first-order valence-electron chi connectivity index (χ1n) is 7.16. The number of amides is 1. The molecule has 1 amide bonds. The maximum atomic E-state index is 12.0. The van der Waals surface area contributed by atoms with Gasteiger partial charge in [-0.25, -0.2) is 4.98 Å². The Kier molecular flexibility index (Phi) is 6.33. The zero-order chi connectivity index (χ0) is 17.0. The third-order valence-corrected chi connectivity index (χ3v) is 4.77. The molecule has 0 saturated carbocycles. The van der Waals surface area contributed by atoms with Crippen molar-refractivity contribution in [2.24, 2.45) is 0 Å². The van der Waals surface area contributed by atoms with E-state index in [0.29, 0.717) is 15.2 Å². The molecule has 1 aromatic carbocycles. The van der Waals surface area contributed by atoms with Crippen molar-refractivity contribution in [3.8, 4) is 0 Å². The molecule has 8 heteroatoms. The Balaban J connectivity index is 1.87. The van der Waals surface area contributed by atoms with Crippen molar-refractivity contribution < 1.29 is 4.79 Å². The molecule has 1 heterocycles. The number of thioether (sulfide) groups is 1. The topological polar surface area (TPSA) is 70.7 Å². The van der Waals surface area contributed by atoms with Crippen molar-refractivity contribution >= 4 is 40.9 Å². The Bertz CT molecular complexity index is 690. The van der Waals surface area contributed by atoms with Crippen molar-refractivity contribution in [1.29, 1.82) is 0 Å². The van der Waals surface area contributed by atoms with Gasteiger partial charge in [0, 0.05) is 5.92 Å². The Morgan fingerprint density at radius 3 is 2.65 bits per heavy atom. The van der Waals surface area contributed by atoms with E-state index in [1.807, 2.05) is 26.8 Å². The highest BCUT2D eigenvalue weighted by Gasteiger charge is 2.13. The van der Waals surface area contributed by atoms with Crippen LogP contribution in [0, 0.1) is 0 Å². The fourth-order valence-corrected chi connectivity index (χ4v) is 2.78. The van der Waals surface area contributed by atoms with Gasteiger partial charge in [0.2, 0.25) is 11.1 Å². The lowest BCUT2D eigenvalue weighted by Gasteiger charge is -2.14. The number of aromatic nitrogens is 3. The van der Waals surface area contributed by atoms with Gasteiger partial charge in [-0.05, 0) is 24.6 Å². The molecule has 0 saturated heterocycles. The smallest absolute Gasteiger partial charge is 0.230 e. The first-order chi connectivity index (χ1) is 10.9. The highest BCUT2D eigenvalue weighted by atomic mass is 35.5. The molecule has 1 aromatic heterocycles. The molecule has 0 spiro atoms. The van der Waals surface area contributed by atoms with Gasteiger partial charge in [0.15, 0.2) is 0 Å². The van der Waals surface area contributed by atoms with Crippen LogP contribution in [0.4, 0.5) is 0 Å². The monoisotopic (exact) mass is 372 g/mol. The molecule has 2 aromatic rings. The predicted molar refractivity (Wildman–Crippen MR) is 94.2 cm³/mol. The maximum Gasteiger partial charge on any atom is 0.230 e. The van der Waals surface area contributed by atoms with Crippen LogP contribution in [0.1, 0.15) is 44.1 Å². The molecule has 23 heavy (non-hydrogen) atoms. The van der Waals surface area contributed by atoms with E-state index in [9.17, 15) is 4.79 Å². The number of carbonyl (C=O) groups is 1. The highest BCUT2D eigenvalue weighted by molar-refractivity contribution is 7.99. The van der Waals surface area contributed by atoms with E-state index in [-0.39, 0.29) is 23.6 Å². The van der Waals surface area contributed by atoms with Crippen molar-refractivity contribution in [2.45, 2.75) is 37.9 Å². The molecule has 0 aliphatic heterocycles. The molecule has 2 rings (SSSR count). The van der Waals surface area contributed by atoms with Crippen LogP contribution in [0.5, 0.6) is 0 Å². The number of nitrogens with zero attached hydrogens (tertiary/aromatic N) is 2. The summed E-state index contributed by atoms with van der Waals surface area (Å²) >= 11 is 13.2. The van der Waals surface area contributed by atoms with Gasteiger partial charge in [-0.2, -0.15) is 0 Å². The van der Waals surface area contributed by atoms with E-state index < -0.39 is 0 Å². The average Bonchev–Trinajstić information content (AvgIpc) is 2.97. The minimum Gasteiger partial charge on any atom is -0.349 e. The minimum absolute atomic E-state index is 0.0931. The summed E-state index contributed by atoms with van der Waals surface area (Å²) in [5.41, 5.74) is 0.901. The number of halogens is 2. The molecule has 1 unspecified atom stereocenters. The van der Waals surface area contributed by atoms with Gasteiger partial charge < -0.3 is 5.32 Å².